The van der Waals surface area contributed by atoms with E-state index >= 15 is 0 Å². The Morgan fingerprint density at radius 2 is 1.60 bits per heavy atom. The van der Waals surface area contributed by atoms with E-state index in [1.54, 1.807) is 25.7 Å². The molecule has 2 aliphatic heterocycles. The fourth-order valence-electron chi connectivity index (χ4n) is 6.81. The van der Waals surface area contributed by atoms with E-state index in [0.717, 1.165) is 30.4 Å². The van der Waals surface area contributed by atoms with Crippen molar-refractivity contribution in [1.29, 1.82) is 0 Å². The van der Waals surface area contributed by atoms with Gasteiger partial charge in [-0.3, -0.25) is 14.5 Å². The summed E-state index contributed by atoms with van der Waals surface area (Å²) in [5, 5.41) is 25.3. The summed E-state index contributed by atoms with van der Waals surface area (Å²) in [5.41, 5.74) is 1.27. The smallest absolute Gasteiger partial charge is 0.444 e. The number of hydrogen-bond donors (Lipinski definition) is 4. The third-order valence-corrected chi connectivity index (χ3v) is 9.19. The molecule has 0 bridgehead atoms. The van der Waals surface area contributed by atoms with Gasteiger partial charge in [0.1, 0.15) is 23.8 Å². The summed E-state index contributed by atoms with van der Waals surface area (Å²) < 4.78 is 17.4. The minimum atomic E-state index is -1.79. The summed E-state index contributed by atoms with van der Waals surface area (Å²) in [6, 6.07) is 5.68. The van der Waals surface area contributed by atoms with E-state index in [9.17, 15) is 29.2 Å². The molecule has 48 heavy (non-hydrogen) atoms. The molecule has 1 saturated heterocycles. The molecule has 0 unspecified atom stereocenters. The minimum Gasteiger partial charge on any atom is -0.444 e. The summed E-state index contributed by atoms with van der Waals surface area (Å²) in [4.78, 5) is 57.5. The lowest BCUT2D eigenvalue weighted by molar-refractivity contribution is -0.141. The van der Waals surface area contributed by atoms with E-state index in [-0.39, 0.29) is 25.0 Å². The molecule has 1 aliphatic carbocycles. The van der Waals surface area contributed by atoms with E-state index < -0.39 is 60.8 Å². The van der Waals surface area contributed by atoms with Crippen LogP contribution in [0.15, 0.2) is 24.3 Å². The fraction of sp³-hybridized carbons (Fsp3) is 0.706. The molecule has 4 rings (SSSR count). The van der Waals surface area contributed by atoms with Gasteiger partial charge < -0.3 is 39.8 Å². The topological polar surface area (TPSA) is 167 Å². The zero-order valence-corrected chi connectivity index (χ0v) is 29.0. The van der Waals surface area contributed by atoms with Gasteiger partial charge in [0.25, 0.3) is 0 Å². The molecule has 1 saturated carbocycles. The van der Waals surface area contributed by atoms with Crippen molar-refractivity contribution in [1.82, 2.24) is 20.4 Å². The number of benzene rings is 1. The van der Waals surface area contributed by atoms with Gasteiger partial charge in [-0.25, -0.2) is 9.59 Å². The van der Waals surface area contributed by atoms with Gasteiger partial charge in [-0.05, 0) is 76.3 Å². The first kappa shape index (κ1) is 37.5. The van der Waals surface area contributed by atoms with Crippen LogP contribution in [0, 0.1) is 5.92 Å². The number of nitrogens with zero attached hydrogens (tertiary/aromatic N) is 2. The Morgan fingerprint density at radius 1 is 0.958 bits per heavy atom. The summed E-state index contributed by atoms with van der Waals surface area (Å²) in [6.07, 6.45) is 2.48. The predicted octanol–water partition coefficient (Wildman–Crippen LogP) is 3.28. The van der Waals surface area contributed by atoms with Crippen LogP contribution in [0.4, 0.5) is 9.59 Å². The molecular formula is C34H53BN4O9. The van der Waals surface area contributed by atoms with Gasteiger partial charge >= 0.3 is 19.3 Å². The number of ether oxygens (including phenoxy) is 3. The molecule has 4 N–H and O–H groups in total. The van der Waals surface area contributed by atoms with E-state index in [1.165, 1.54) is 4.90 Å². The van der Waals surface area contributed by atoms with Gasteiger partial charge in [0.05, 0.1) is 18.6 Å². The van der Waals surface area contributed by atoms with Crippen molar-refractivity contribution in [3.8, 4) is 0 Å². The molecule has 0 spiro atoms. The number of likely N-dealkylation sites (tertiary alicyclic amines) is 1. The number of carbonyl (C=O) groups excluding carboxylic acids is 4. The normalized spacial score (nSPS) is 23.6. The third kappa shape index (κ3) is 10.1. The largest absolute Gasteiger partial charge is 0.475 e. The second kappa shape index (κ2) is 16.8. The summed E-state index contributed by atoms with van der Waals surface area (Å²) in [7, 11) is -1.79. The number of rotatable bonds is 12. The second-order valence-electron chi connectivity index (χ2n) is 14.2. The van der Waals surface area contributed by atoms with Crippen molar-refractivity contribution >= 4 is 31.1 Å². The number of nitrogens with one attached hydrogen (secondary N) is 2. The number of fused-ring (bicyclic) bond motifs is 1. The molecule has 4 amide bonds. The van der Waals surface area contributed by atoms with Crippen molar-refractivity contribution in [2.75, 3.05) is 13.2 Å². The number of hydrogen-bond acceptors (Lipinski definition) is 9. The predicted molar refractivity (Wildman–Crippen MR) is 178 cm³/mol. The van der Waals surface area contributed by atoms with E-state index in [4.69, 9.17) is 14.2 Å². The van der Waals surface area contributed by atoms with Crippen LogP contribution in [0.1, 0.15) is 97.1 Å². The maximum absolute atomic E-state index is 14.5. The van der Waals surface area contributed by atoms with Crippen LogP contribution in [0.25, 0.3) is 0 Å². The SMILES string of the molecule is CCCOC1CCC([C@H](NC(=O)OC(C)(C)C)C(=O)N2C[C@H](OC(=O)N3Cc4ccccc4C3)C[C@H]2C(=O)N[C@@H](CCC)B(O)O)CC1. The molecular weight excluding hydrogens is 619 g/mol. The van der Waals surface area contributed by atoms with E-state index in [1.807, 2.05) is 38.1 Å². The highest BCUT2D eigenvalue weighted by molar-refractivity contribution is 6.43. The standard InChI is InChI=1S/C34H53BN4O9/c1-6-10-28(35(44)45)36-30(40)27-18-26(47-33(43)38-19-23-11-8-9-12-24(23)20-38)21-39(27)31(41)29(37-32(42)48-34(3,4)5)22-13-15-25(16-14-22)46-17-7-2/h8-9,11-12,22,25-29,44-45H,6-7,10,13-21H2,1-5H3,(H,36,40)(H,37,42)/t22?,25?,26-,27+,28+,29+/m1/s1. The van der Waals surface area contributed by atoms with E-state index in [2.05, 4.69) is 10.6 Å². The number of carbonyl (C=O) groups is 4. The highest BCUT2D eigenvalue weighted by Crippen LogP contribution is 2.32. The zero-order valence-electron chi connectivity index (χ0n) is 29.0. The lowest BCUT2D eigenvalue weighted by Crippen LogP contribution is -2.58. The van der Waals surface area contributed by atoms with Gasteiger partial charge in [0.2, 0.25) is 11.8 Å². The van der Waals surface area contributed by atoms with Crippen LogP contribution >= 0.6 is 0 Å². The minimum absolute atomic E-state index is 0.0151. The molecule has 2 fully saturated rings. The van der Waals surface area contributed by atoms with Gasteiger partial charge in [-0.2, -0.15) is 0 Å². The van der Waals surface area contributed by atoms with Crippen LogP contribution in [0.2, 0.25) is 0 Å². The molecule has 1 aromatic rings. The summed E-state index contributed by atoms with van der Waals surface area (Å²) in [6.45, 7) is 10.5. The Hall–Kier alpha value is -3.36. The van der Waals surface area contributed by atoms with Gasteiger partial charge in [0.15, 0.2) is 0 Å². The average molecular weight is 673 g/mol. The fourth-order valence-corrected chi connectivity index (χ4v) is 6.81. The van der Waals surface area contributed by atoms with Gasteiger partial charge in [-0.15, -0.1) is 0 Å². The highest BCUT2D eigenvalue weighted by atomic mass is 16.6. The Kier molecular flexibility index (Phi) is 13.1. The first-order valence-corrected chi connectivity index (χ1v) is 17.4. The molecule has 14 heteroatoms. The summed E-state index contributed by atoms with van der Waals surface area (Å²) in [5.74, 6) is -2.26. The first-order chi connectivity index (χ1) is 22.8. The first-order valence-electron chi connectivity index (χ1n) is 17.4. The Morgan fingerprint density at radius 3 is 2.17 bits per heavy atom. The monoisotopic (exact) mass is 672 g/mol. The molecule has 0 aromatic heterocycles. The number of alkyl carbamates (subject to hydrolysis) is 1. The van der Waals surface area contributed by atoms with Crippen LogP contribution < -0.4 is 10.6 Å². The Labute approximate surface area is 284 Å². The molecule has 266 valence electrons. The summed E-state index contributed by atoms with van der Waals surface area (Å²) >= 11 is 0. The second-order valence-corrected chi connectivity index (χ2v) is 14.2. The molecule has 0 radical (unpaired) electrons. The maximum Gasteiger partial charge on any atom is 0.475 e. The lowest BCUT2D eigenvalue weighted by atomic mass is 9.76. The quantitative estimate of drug-likeness (QED) is 0.244. The highest BCUT2D eigenvalue weighted by Gasteiger charge is 2.47. The van der Waals surface area contributed by atoms with Gasteiger partial charge in [-0.1, -0.05) is 44.5 Å². The molecule has 13 nitrogen and oxygen atoms in total. The molecule has 4 atom stereocenters. The lowest BCUT2D eigenvalue weighted by Gasteiger charge is -2.36. The number of amides is 4. The van der Waals surface area contributed by atoms with Crippen LogP contribution in [0.3, 0.4) is 0 Å². The molecule has 1 aromatic carbocycles. The van der Waals surface area contributed by atoms with Crippen LogP contribution in [-0.4, -0.2) is 100.0 Å². The zero-order chi connectivity index (χ0) is 35.0. The van der Waals surface area contributed by atoms with Crippen molar-refractivity contribution in [3.63, 3.8) is 0 Å². The average Bonchev–Trinajstić information content (AvgIpc) is 3.66. The molecule has 2 heterocycles. The van der Waals surface area contributed by atoms with Crippen LogP contribution in [0.5, 0.6) is 0 Å². The third-order valence-electron chi connectivity index (χ3n) is 9.19. The maximum atomic E-state index is 14.5. The van der Waals surface area contributed by atoms with Crippen molar-refractivity contribution in [2.45, 2.75) is 135 Å². The van der Waals surface area contributed by atoms with Crippen LogP contribution in [-0.2, 0) is 36.9 Å². The Balaban J connectivity index is 1.55. The van der Waals surface area contributed by atoms with Gasteiger partial charge in [0, 0.05) is 26.1 Å². The van der Waals surface area contributed by atoms with Crippen molar-refractivity contribution in [2.24, 2.45) is 5.92 Å². The van der Waals surface area contributed by atoms with E-state index in [0.29, 0.717) is 45.4 Å². The molecule has 3 aliphatic rings. The Bertz CT molecular complexity index is 1240. The van der Waals surface area contributed by atoms with Crippen molar-refractivity contribution in [3.05, 3.63) is 35.4 Å². The van der Waals surface area contributed by atoms with Crippen molar-refractivity contribution < 1.29 is 43.4 Å².